The van der Waals surface area contributed by atoms with E-state index in [1.165, 1.54) is 22.3 Å². The molecule has 108 valence electrons. The quantitative estimate of drug-likeness (QED) is 0.880. The van der Waals surface area contributed by atoms with Gasteiger partial charge >= 0.3 is 0 Å². The van der Waals surface area contributed by atoms with Crippen LogP contribution < -0.4 is 0 Å². The highest BCUT2D eigenvalue weighted by Crippen LogP contribution is 2.27. The van der Waals surface area contributed by atoms with Gasteiger partial charge in [-0.15, -0.1) is 0 Å². The van der Waals surface area contributed by atoms with Gasteiger partial charge in [0.05, 0.1) is 0 Å². The van der Waals surface area contributed by atoms with E-state index in [-0.39, 0.29) is 12.0 Å². The van der Waals surface area contributed by atoms with Gasteiger partial charge in [-0.3, -0.25) is 0 Å². The Bertz CT molecular complexity index is 395. The number of aryl methyl sites for hydroxylation is 2. The van der Waals surface area contributed by atoms with Crippen molar-refractivity contribution in [1.82, 2.24) is 4.90 Å². The summed E-state index contributed by atoms with van der Waals surface area (Å²) in [6.45, 7) is 13.4. The number of benzene rings is 1. The minimum Gasteiger partial charge on any atom is -0.396 e. The monoisotopic (exact) mass is 263 g/mol. The SMILES string of the molecule is Cc1cc(C(C)(C)C)cc(C)c1CN(C)CCCO. The van der Waals surface area contributed by atoms with E-state index in [0.29, 0.717) is 0 Å². The highest BCUT2D eigenvalue weighted by molar-refractivity contribution is 5.40. The third kappa shape index (κ3) is 4.63. The summed E-state index contributed by atoms with van der Waals surface area (Å²) in [5, 5.41) is 8.89. The van der Waals surface area contributed by atoms with Crippen LogP contribution in [0.1, 0.15) is 49.4 Å². The van der Waals surface area contributed by atoms with Gasteiger partial charge in [0.15, 0.2) is 0 Å². The van der Waals surface area contributed by atoms with Crippen LogP contribution in [-0.4, -0.2) is 30.2 Å². The molecule has 0 heterocycles. The molecule has 0 radical (unpaired) electrons. The van der Waals surface area contributed by atoms with Crippen molar-refractivity contribution in [2.75, 3.05) is 20.2 Å². The molecule has 0 unspecified atom stereocenters. The van der Waals surface area contributed by atoms with Crippen molar-refractivity contribution in [2.24, 2.45) is 0 Å². The number of hydrogen-bond acceptors (Lipinski definition) is 2. The fourth-order valence-electron chi connectivity index (χ4n) is 2.37. The molecule has 0 aromatic heterocycles. The zero-order valence-corrected chi connectivity index (χ0v) is 13.4. The molecule has 0 spiro atoms. The fourth-order valence-corrected chi connectivity index (χ4v) is 2.37. The molecule has 1 aromatic carbocycles. The van der Waals surface area contributed by atoms with Crippen LogP contribution in [0.2, 0.25) is 0 Å². The van der Waals surface area contributed by atoms with E-state index in [1.54, 1.807) is 0 Å². The van der Waals surface area contributed by atoms with Gasteiger partial charge in [-0.25, -0.2) is 0 Å². The summed E-state index contributed by atoms with van der Waals surface area (Å²) in [5.74, 6) is 0. The summed E-state index contributed by atoms with van der Waals surface area (Å²) >= 11 is 0. The molecule has 0 aliphatic rings. The van der Waals surface area contributed by atoms with Gasteiger partial charge < -0.3 is 10.0 Å². The van der Waals surface area contributed by atoms with E-state index in [1.807, 2.05) is 0 Å². The molecule has 2 heteroatoms. The molecular formula is C17H29NO. The fraction of sp³-hybridized carbons (Fsp3) is 0.647. The lowest BCUT2D eigenvalue weighted by molar-refractivity contribution is 0.244. The van der Waals surface area contributed by atoms with Crippen molar-refractivity contribution in [2.45, 2.75) is 53.0 Å². The molecule has 19 heavy (non-hydrogen) atoms. The molecule has 0 atom stereocenters. The van der Waals surface area contributed by atoms with E-state index in [2.05, 4.69) is 58.7 Å². The van der Waals surface area contributed by atoms with Crippen LogP contribution in [0, 0.1) is 13.8 Å². The Balaban J connectivity index is 2.92. The predicted octanol–water partition coefficient (Wildman–Crippen LogP) is 3.42. The first-order valence-corrected chi connectivity index (χ1v) is 7.15. The Labute approximate surface area is 118 Å². The van der Waals surface area contributed by atoms with Crippen LogP contribution >= 0.6 is 0 Å². The second-order valence-corrected chi connectivity index (χ2v) is 6.65. The number of rotatable bonds is 5. The summed E-state index contributed by atoms with van der Waals surface area (Å²) in [4.78, 5) is 2.28. The Morgan fingerprint density at radius 1 is 1.11 bits per heavy atom. The maximum atomic E-state index is 8.89. The average molecular weight is 263 g/mol. The minimum absolute atomic E-state index is 0.205. The van der Waals surface area contributed by atoms with Gasteiger partial charge in [0.2, 0.25) is 0 Å². The van der Waals surface area contributed by atoms with E-state index >= 15 is 0 Å². The van der Waals surface area contributed by atoms with Crippen molar-refractivity contribution in [3.05, 3.63) is 34.4 Å². The van der Waals surface area contributed by atoms with E-state index in [4.69, 9.17) is 5.11 Å². The van der Waals surface area contributed by atoms with E-state index in [0.717, 1.165) is 19.5 Å². The third-order valence-electron chi connectivity index (χ3n) is 3.69. The Morgan fingerprint density at radius 3 is 2.05 bits per heavy atom. The largest absolute Gasteiger partial charge is 0.396 e. The normalized spacial score (nSPS) is 12.2. The van der Waals surface area contributed by atoms with Crippen LogP contribution in [0.5, 0.6) is 0 Å². The number of aliphatic hydroxyl groups excluding tert-OH is 1. The zero-order valence-electron chi connectivity index (χ0n) is 13.4. The van der Waals surface area contributed by atoms with Crippen LogP contribution in [-0.2, 0) is 12.0 Å². The molecule has 0 saturated heterocycles. The molecule has 0 amide bonds. The van der Waals surface area contributed by atoms with Crippen molar-refractivity contribution >= 4 is 0 Å². The van der Waals surface area contributed by atoms with Gasteiger partial charge in [-0.1, -0.05) is 32.9 Å². The van der Waals surface area contributed by atoms with Gasteiger partial charge in [0.25, 0.3) is 0 Å². The van der Waals surface area contributed by atoms with Crippen LogP contribution in [0.15, 0.2) is 12.1 Å². The molecular weight excluding hydrogens is 234 g/mol. The number of hydrogen-bond donors (Lipinski definition) is 1. The standard InChI is InChI=1S/C17H29NO/c1-13-10-15(17(3,4)5)11-14(2)16(13)12-18(6)8-7-9-19/h10-11,19H,7-9,12H2,1-6H3. The minimum atomic E-state index is 0.205. The third-order valence-corrected chi connectivity index (χ3v) is 3.69. The van der Waals surface area contributed by atoms with Crippen LogP contribution in [0.4, 0.5) is 0 Å². The summed E-state index contributed by atoms with van der Waals surface area (Å²) in [6.07, 6.45) is 0.842. The topological polar surface area (TPSA) is 23.5 Å². The summed E-state index contributed by atoms with van der Waals surface area (Å²) in [7, 11) is 2.12. The lowest BCUT2D eigenvalue weighted by Gasteiger charge is -2.24. The van der Waals surface area contributed by atoms with E-state index < -0.39 is 0 Å². The Kier molecular flexibility index (Phi) is 5.57. The second kappa shape index (κ2) is 6.53. The van der Waals surface area contributed by atoms with Crippen molar-refractivity contribution in [3.63, 3.8) is 0 Å². The predicted molar refractivity (Wildman–Crippen MR) is 82.7 cm³/mol. The van der Waals surface area contributed by atoms with Crippen molar-refractivity contribution < 1.29 is 5.11 Å². The maximum absolute atomic E-state index is 8.89. The first-order valence-electron chi connectivity index (χ1n) is 7.15. The molecule has 2 nitrogen and oxygen atoms in total. The first kappa shape index (κ1) is 16.2. The lowest BCUT2D eigenvalue weighted by Crippen LogP contribution is -2.21. The van der Waals surface area contributed by atoms with Crippen LogP contribution in [0.3, 0.4) is 0 Å². The van der Waals surface area contributed by atoms with Gasteiger partial charge in [0.1, 0.15) is 0 Å². The molecule has 0 bridgehead atoms. The molecule has 1 N–H and O–H groups in total. The highest BCUT2D eigenvalue weighted by Gasteiger charge is 2.16. The van der Waals surface area contributed by atoms with Crippen molar-refractivity contribution in [1.29, 1.82) is 0 Å². The Morgan fingerprint density at radius 2 is 1.63 bits per heavy atom. The molecule has 1 rings (SSSR count). The van der Waals surface area contributed by atoms with Gasteiger partial charge in [-0.05, 0) is 55.0 Å². The smallest absolute Gasteiger partial charge is 0.0443 e. The molecule has 0 aliphatic heterocycles. The number of aliphatic hydroxyl groups is 1. The van der Waals surface area contributed by atoms with Crippen LogP contribution in [0.25, 0.3) is 0 Å². The lowest BCUT2D eigenvalue weighted by atomic mass is 9.84. The van der Waals surface area contributed by atoms with E-state index in [9.17, 15) is 0 Å². The Hall–Kier alpha value is -0.860. The highest BCUT2D eigenvalue weighted by atomic mass is 16.3. The summed E-state index contributed by atoms with van der Waals surface area (Å²) < 4.78 is 0. The van der Waals surface area contributed by atoms with Gasteiger partial charge in [-0.2, -0.15) is 0 Å². The molecule has 0 aliphatic carbocycles. The van der Waals surface area contributed by atoms with Crippen molar-refractivity contribution in [3.8, 4) is 0 Å². The summed E-state index contributed by atoms with van der Waals surface area (Å²) in [6, 6.07) is 4.64. The number of nitrogens with zero attached hydrogens (tertiary/aromatic N) is 1. The maximum Gasteiger partial charge on any atom is 0.0443 e. The molecule has 1 aromatic rings. The summed E-state index contributed by atoms with van der Waals surface area (Å²) in [5.41, 5.74) is 5.79. The molecule has 0 fully saturated rings. The van der Waals surface area contributed by atoms with Gasteiger partial charge in [0, 0.05) is 19.7 Å². The zero-order chi connectivity index (χ0) is 14.6. The first-order chi connectivity index (χ1) is 8.75. The molecule has 0 saturated carbocycles. The average Bonchev–Trinajstić information content (AvgIpc) is 2.29. The second-order valence-electron chi connectivity index (χ2n) is 6.65.